The third-order valence-corrected chi connectivity index (χ3v) is 4.55. The maximum absolute atomic E-state index is 12.8. The minimum Gasteiger partial charge on any atom is -0.312 e. The molecule has 1 aliphatic rings. The maximum Gasteiger partial charge on any atom is 0.231 e. The zero-order chi connectivity index (χ0) is 16.4. The number of nitrogens with zero attached hydrogens (tertiary/aromatic N) is 2. The van der Waals surface area contributed by atoms with E-state index >= 15 is 0 Å². The molecule has 0 aromatic heterocycles. The first kappa shape index (κ1) is 15.7. The highest BCUT2D eigenvalue weighted by Gasteiger charge is 2.30. The molecule has 4 nitrogen and oxygen atoms in total. The summed E-state index contributed by atoms with van der Waals surface area (Å²) < 4.78 is 1.00. The van der Waals surface area contributed by atoms with Gasteiger partial charge in [-0.1, -0.05) is 47.1 Å². The number of hydrogen-bond acceptors (Lipinski definition) is 2. The van der Waals surface area contributed by atoms with E-state index in [0.717, 1.165) is 27.8 Å². The number of amides is 2. The Hall–Kier alpha value is -2.14. The van der Waals surface area contributed by atoms with Crippen molar-refractivity contribution in [3.63, 3.8) is 0 Å². The fourth-order valence-electron chi connectivity index (χ4n) is 2.83. The van der Waals surface area contributed by atoms with E-state index in [1.807, 2.05) is 55.5 Å². The summed E-state index contributed by atoms with van der Waals surface area (Å²) in [6.45, 7) is 2.75. The molecule has 0 aliphatic carbocycles. The lowest BCUT2D eigenvalue weighted by atomic mass is 10.1. The van der Waals surface area contributed by atoms with Gasteiger partial charge in [-0.05, 0) is 29.8 Å². The second-order valence-electron chi connectivity index (χ2n) is 5.70. The van der Waals surface area contributed by atoms with E-state index in [4.69, 9.17) is 0 Å². The van der Waals surface area contributed by atoms with E-state index in [9.17, 15) is 9.59 Å². The first-order valence-electron chi connectivity index (χ1n) is 7.47. The van der Waals surface area contributed by atoms with Gasteiger partial charge in [-0.3, -0.25) is 9.59 Å². The maximum atomic E-state index is 12.8. The van der Waals surface area contributed by atoms with Gasteiger partial charge in [0.05, 0.1) is 23.8 Å². The van der Waals surface area contributed by atoms with Crippen molar-refractivity contribution in [3.05, 3.63) is 58.6 Å². The van der Waals surface area contributed by atoms with Crippen LogP contribution in [0.15, 0.2) is 53.0 Å². The molecule has 0 bridgehead atoms. The number of anilines is 2. The summed E-state index contributed by atoms with van der Waals surface area (Å²) in [4.78, 5) is 27.6. The largest absolute Gasteiger partial charge is 0.312 e. The van der Waals surface area contributed by atoms with Crippen LogP contribution in [0.4, 0.5) is 11.4 Å². The topological polar surface area (TPSA) is 40.6 Å². The van der Waals surface area contributed by atoms with Gasteiger partial charge in [0.25, 0.3) is 0 Å². The van der Waals surface area contributed by atoms with Crippen LogP contribution in [-0.4, -0.2) is 18.9 Å². The number of hydrogen-bond donors (Lipinski definition) is 0. The highest BCUT2D eigenvalue weighted by molar-refractivity contribution is 9.10. The van der Waals surface area contributed by atoms with E-state index in [1.165, 1.54) is 0 Å². The number of benzene rings is 2. The van der Waals surface area contributed by atoms with Gasteiger partial charge in [0.2, 0.25) is 12.3 Å². The van der Waals surface area contributed by atoms with Gasteiger partial charge in [0, 0.05) is 11.0 Å². The lowest BCUT2D eigenvalue weighted by Crippen LogP contribution is -2.36. The highest BCUT2D eigenvalue weighted by atomic mass is 79.9. The van der Waals surface area contributed by atoms with Crippen LogP contribution >= 0.6 is 15.9 Å². The fourth-order valence-corrected chi connectivity index (χ4v) is 3.09. The van der Waals surface area contributed by atoms with Crippen LogP contribution in [0.2, 0.25) is 0 Å². The van der Waals surface area contributed by atoms with Crippen LogP contribution in [0.25, 0.3) is 0 Å². The Balaban J connectivity index is 2.03. The van der Waals surface area contributed by atoms with E-state index < -0.39 is 0 Å². The van der Waals surface area contributed by atoms with Gasteiger partial charge < -0.3 is 9.80 Å². The number of fused-ring (bicyclic) bond motifs is 1. The number of halogens is 1. The van der Waals surface area contributed by atoms with Crippen molar-refractivity contribution in [2.75, 3.05) is 16.3 Å². The van der Waals surface area contributed by atoms with Crippen LogP contribution in [-0.2, 0) is 16.1 Å². The minimum absolute atomic E-state index is 0.0321. The number of rotatable bonds is 3. The zero-order valence-corrected chi connectivity index (χ0v) is 14.4. The first-order chi connectivity index (χ1) is 11.1. The standard InChI is InChI=1S/C18H17BrN2O2/c1-13-10-20(12-22)16-4-2-3-5-17(16)21(18(13)23)11-14-6-8-15(19)9-7-14/h2-9,12-13H,10-11H2,1H3. The summed E-state index contributed by atoms with van der Waals surface area (Å²) in [5.41, 5.74) is 2.59. The normalized spacial score (nSPS) is 17.7. The molecule has 0 saturated heterocycles. The summed E-state index contributed by atoms with van der Waals surface area (Å²) in [7, 11) is 0. The summed E-state index contributed by atoms with van der Waals surface area (Å²) in [6, 6.07) is 15.5. The van der Waals surface area contributed by atoms with Crippen LogP contribution < -0.4 is 9.80 Å². The molecule has 2 aromatic rings. The lowest BCUT2D eigenvalue weighted by Gasteiger charge is -2.24. The third kappa shape index (κ3) is 3.15. The Morgan fingerprint density at radius 2 is 1.78 bits per heavy atom. The summed E-state index contributed by atoms with van der Waals surface area (Å²) in [5, 5.41) is 0. The van der Waals surface area contributed by atoms with Gasteiger partial charge in [0.1, 0.15) is 0 Å². The van der Waals surface area contributed by atoms with Crippen molar-refractivity contribution in [2.45, 2.75) is 13.5 Å². The Morgan fingerprint density at radius 1 is 1.13 bits per heavy atom. The molecule has 23 heavy (non-hydrogen) atoms. The Morgan fingerprint density at radius 3 is 2.43 bits per heavy atom. The van der Waals surface area contributed by atoms with E-state index in [1.54, 1.807) is 9.80 Å². The molecule has 2 aromatic carbocycles. The molecule has 1 atom stereocenters. The van der Waals surface area contributed by atoms with Gasteiger partial charge >= 0.3 is 0 Å². The van der Waals surface area contributed by atoms with Gasteiger partial charge in [-0.25, -0.2) is 0 Å². The Bertz CT molecular complexity index is 730. The Kier molecular flexibility index (Phi) is 4.48. The first-order valence-corrected chi connectivity index (χ1v) is 8.26. The van der Waals surface area contributed by atoms with Crippen LogP contribution in [0, 0.1) is 5.92 Å². The summed E-state index contributed by atoms with van der Waals surface area (Å²) in [6.07, 6.45) is 0.797. The molecule has 2 amide bonds. The predicted molar refractivity (Wildman–Crippen MR) is 94.3 cm³/mol. The Labute approximate surface area is 143 Å². The van der Waals surface area contributed by atoms with Crippen LogP contribution in [0.5, 0.6) is 0 Å². The highest BCUT2D eigenvalue weighted by Crippen LogP contribution is 2.34. The average Bonchev–Trinajstić information content (AvgIpc) is 2.67. The molecule has 0 radical (unpaired) electrons. The van der Waals surface area contributed by atoms with Crippen molar-refractivity contribution in [2.24, 2.45) is 5.92 Å². The summed E-state index contributed by atoms with van der Waals surface area (Å²) in [5.74, 6) is -0.215. The molecule has 0 spiro atoms. The molecule has 1 heterocycles. The van der Waals surface area contributed by atoms with Gasteiger partial charge in [-0.2, -0.15) is 0 Å². The molecule has 0 N–H and O–H groups in total. The molecule has 1 unspecified atom stereocenters. The van der Waals surface area contributed by atoms with E-state index in [-0.39, 0.29) is 11.8 Å². The molecular formula is C18H17BrN2O2. The number of carbonyl (C=O) groups is 2. The molecular weight excluding hydrogens is 356 g/mol. The van der Waals surface area contributed by atoms with Gasteiger partial charge in [0.15, 0.2) is 0 Å². The smallest absolute Gasteiger partial charge is 0.231 e. The SMILES string of the molecule is CC1CN(C=O)c2ccccc2N(Cc2ccc(Br)cc2)C1=O. The molecule has 0 saturated carbocycles. The molecule has 1 aliphatic heterocycles. The minimum atomic E-state index is -0.247. The van der Waals surface area contributed by atoms with Crippen molar-refractivity contribution in [1.29, 1.82) is 0 Å². The molecule has 5 heteroatoms. The number of carbonyl (C=O) groups excluding carboxylic acids is 2. The predicted octanol–water partition coefficient (Wildman–Crippen LogP) is 3.59. The quantitative estimate of drug-likeness (QED) is 0.772. The fraction of sp³-hybridized carbons (Fsp3) is 0.222. The van der Waals surface area contributed by atoms with E-state index in [2.05, 4.69) is 15.9 Å². The number of para-hydroxylation sites is 2. The second-order valence-corrected chi connectivity index (χ2v) is 6.61. The van der Waals surface area contributed by atoms with Gasteiger partial charge in [-0.15, -0.1) is 0 Å². The van der Waals surface area contributed by atoms with E-state index in [0.29, 0.717) is 13.1 Å². The average molecular weight is 373 g/mol. The zero-order valence-electron chi connectivity index (χ0n) is 12.8. The van der Waals surface area contributed by atoms with Crippen molar-refractivity contribution in [1.82, 2.24) is 0 Å². The molecule has 118 valence electrons. The monoisotopic (exact) mass is 372 g/mol. The third-order valence-electron chi connectivity index (χ3n) is 4.02. The van der Waals surface area contributed by atoms with Crippen LogP contribution in [0.1, 0.15) is 12.5 Å². The molecule has 0 fully saturated rings. The summed E-state index contributed by atoms with van der Waals surface area (Å²) >= 11 is 3.42. The second kappa shape index (κ2) is 6.54. The molecule has 3 rings (SSSR count). The van der Waals surface area contributed by atoms with Crippen molar-refractivity contribution >= 4 is 39.6 Å². The van der Waals surface area contributed by atoms with Crippen molar-refractivity contribution < 1.29 is 9.59 Å². The van der Waals surface area contributed by atoms with Crippen molar-refractivity contribution in [3.8, 4) is 0 Å². The lowest BCUT2D eigenvalue weighted by molar-refractivity contribution is -0.121. The van der Waals surface area contributed by atoms with Crippen LogP contribution in [0.3, 0.4) is 0 Å².